The molecule has 1 aliphatic rings. The Morgan fingerprint density at radius 1 is 1.27 bits per heavy atom. The number of amides is 1. The van der Waals surface area contributed by atoms with Crippen molar-refractivity contribution in [2.24, 2.45) is 0 Å². The first-order valence-electron chi connectivity index (χ1n) is 7.65. The monoisotopic (exact) mass is 306 g/mol. The third kappa shape index (κ3) is 4.72. The maximum atomic E-state index is 11.6. The number of nitrogens with zero attached hydrogens (tertiary/aromatic N) is 1. The van der Waals surface area contributed by atoms with Crippen LogP contribution in [0.15, 0.2) is 18.3 Å². The second-order valence-electron chi connectivity index (χ2n) is 5.46. The van der Waals surface area contributed by atoms with E-state index < -0.39 is 11.9 Å². The molecule has 6 nitrogen and oxygen atoms in total. The zero-order valence-corrected chi connectivity index (χ0v) is 13.0. The Kier molecular flexibility index (Phi) is 5.75. The highest BCUT2D eigenvalue weighted by Gasteiger charge is 2.26. The third-order valence-corrected chi connectivity index (χ3v) is 3.64. The van der Waals surface area contributed by atoms with Crippen molar-refractivity contribution >= 4 is 11.9 Å². The number of carbonyl (C=O) groups is 2. The van der Waals surface area contributed by atoms with E-state index in [1.54, 1.807) is 13.1 Å². The second-order valence-corrected chi connectivity index (χ2v) is 5.46. The fraction of sp³-hybridized carbons (Fsp3) is 0.562. The minimum Gasteiger partial charge on any atom is -0.474 e. The van der Waals surface area contributed by atoms with Crippen molar-refractivity contribution < 1.29 is 19.1 Å². The van der Waals surface area contributed by atoms with E-state index in [0.717, 1.165) is 31.2 Å². The molecule has 0 radical (unpaired) electrons. The molecule has 0 atom stereocenters. The van der Waals surface area contributed by atoms with Crippen LogP contribution in [0.25, 0.3) is 0 Å². The molecule has 0 unspecified atom stereocenters. The smallest absolute Gasteiger partial charge is 0.396 e. The number of esters is 1. The van der Waals surface area contributed by atoms with Crippen LogP contribution in [0, 0.1) is 6.92 Å². The molecular weight excluding hydrogens is 284 g/mol. The number of nitrogens with one attached hydrogen (secondary N) is 1. The van der Waals surface area contributed by atoms with Crippen molar-refractivity contribution in [3.05, 3.63) is 23.9 Å². The van der Waals surface area contributed by atoms with E-state index in [1.807, 2.05) is 19.1 Å². The maximum Gasteiger partial charge on any atom is 0.396 e. The minimum atomic E-state index is -0.815. The molecule has 1 heterocycles. The van der Waals surface area contributed by atoms with Gasteiger partial charge in [0.05, 0.1) is 6.61 Å². The van der Waals surface area contributed by atoms with E-state index in [0.29, 0.717) is 5.88 Å². The van der Waals surface area contributed by atoms with Crippen molar-refractivity contribution in [1.29, 1.82) is 0 Å². The van der Waals surface area contributed by atoms with Gasteiger partial charge in [-0.15, -0.1) is 0 Å². The van der Waals surface area contributed by atoms with Gasteiger partial charge in [0.2, 0.25) is 5.88 Å². The van der Waals surface area contributed by atoms with E-state index in [2.05, 4.69) is 15.0 Å². The van der Waals surface area contributed by atoms with Gasteiger partial charge in [0.1, 0.15) is 6.10 Å². The first kappa shape index (κ1) is 16.3. The zero-order valence-electron chi connectivity index (χ0n) is 13.0. The SMILES string of the molecule is CCOC(=O)C(=O)NC1CCC(Oc2ccc(C)cn2)CC1. The van der Waals surface area contributed by atoms with Gasteiger partial charge in [-0.3, -0.25) is 4.79 Å². The number of carbonyl (C=O) groups excluding carboxylic acids is 2. The molecule has 6 heteroatoms. The largest absolute Gasteiger partial charge is 0.474 e. The summed E-state index contributed by atoms with van der Waals surface area (Å²) >= 11 is 0. The van der Waals surface area contributed by atoms with Gasteiger partial charge in [0, 0.05) is 18.3 Å². The average Bonchev–Trinajstić information content (AvgIpc) is 2.51. The van der Waals surface area contributed by atoms with Crippen LogP contribution in [-0.2, 0) is 14.3 Å². The summed E-state index contributed by atoms with van der Waals surface area (Å²) in [6, 6.07) is 3.83. The Bertz CT molecular complexity index is 507. The highest BCUT2D eigenvalue weighted by molar-refractivity contribution is 6.32. The maximum absolute atomic E-state index is 11.6. The van der Waals surface area contributed by atoms with Crippen LogP contribution in [-0.4, -0.2) is 35.6 Å². The normalized spacial score (nSPS) is 21.0. The average molecular weight is 306 g/mol. The third-order valence-electron chi connectivity index (χ3n) is 3.64. The van der Waals surface area contributed by atoms with Crippen molar-refractivity contribution in [2.45, 2.75) is 51.7 Å². The molecule has 1 fully saturated rings. The fourth-order valence-corrected chi connectivity index (χ4v) is 2.46. The molecule has 2 rings (SSSR count). The van der Waals surface area contributed by atoms with Gasteiger partial charge in [0.15, 0.2) is 0 Å². The molecule has 1 aromatic heterocycles. The number of hydrogen-bond donors (Lipinski definition) is 1. The first-order chi connectivity index (χ1) is 10.6. The lowest BCUT2D eigenvalue weighted by Crippen LogP contribution is -2.43. The summed E-state index contributed by atoms with van der Waals surface area (Å²) in [6.45, 7) is 3.86. The molecule has 1 aromatic rings. The minimum absolute atomic E-state index is 0.00253. The zero-order chi connectivity index (χ0) is 15.9. The number of pyridine rings is 1. The molecular formula is C16H22N2O4. The van der Waals surface area contributed by atoms with Gasteiger partial charge < -0.3 is 14.8 Å². The summed E-state index contributed by atoms with van der Waals surface area (Å²) in [5.74, 6) is -0.847. The van der Waals surface area contributed by atoms with Gasteiger partial charge in [0.25, 0.3) is 0 Å². The lowest BCUT2D eigenvalue weighted by Gasteiger charge is -2.28. The van der Waals surface area contributed by atoms with Crippen LogP contribution in [0.4, 0.5) is 0 Å². The predicted octanol–water partition coefficient (Wildman–Crippen LogP) is 1.76. The number of rotatable bonds is 4. The molecule has 120 valence electrons. The van der Waals surface area contributed by atoms with Crippen molar-refractivity contribution in [3.63, 3.8) is 0 Å². The van der Waals surface area contributed by atoms with Gasteiger partial charge >= 0.3 is 11.9 Å². The Hall–Kier alpha value is -2.11. The van der Waals surface area contributed by atoms with Gasteiger partial charge in [-0.2, -0.15) is 0 Å². The number of ether oxygens (including phenoxy) is 2. The molecule has 0 saturated heterocycles. The number of hydrogen-bond acceptors (Lipinski definition) is 5. The standard InChI is InChI=1S/C16H22N2O4/c1-3-21-16(20)15(19)18-12-5-7-13(8-6-12)22-14-9-4-11(2)10-17-14/h4,9-10,12-13H,3,5-8H2,1-2H3,(H,18,19). The second kappa shape index (κ2) is 7.77. The van der Waals surface area contributed by atoms with Crippen LogP contribution in [0.1, 0.15) is 38.2 Å². The Morgan fingerprint density at radius 2 is 2.00 bits per heavy atom. The van der Waals surface area contributed by atoms with Crippen LogP contribution >= 0.6 is 0 Å². The molecule has 1 N–H and O–H groups in total. The van der Waals surface area contributed by atoms with Crippen LogP contribution in [0.2, 0.25) is 0 Å². The van der Waals surface area contributed by atoms with Crippen molar-refractivity contribution in [3.8, 4) is 5.88 Å². The molecule has 0 spiro atoms. The highest BCUT2D eigenvalue weighted by Crippen LogP contribution is 2.23. The summed E-state index contributed by atoms with van der Waals surface area (Å²) in [4.78, 5) is 27.1. The Balaban J connectivity index is 1.74. The van der Waals surface area contributed by atoms with Crippen LogP contribution < -0.4 is 10.1 Å². The van der Waals surface area contributed by atoms with E-state index in [4.69, 9.17) is 4.74 Å². The van der Waals surface area contributed by atoms with Crippen molar-refractivity contribution in [2.75, 3.05) is 6.61 Å². The highest BCUT2D eigenvalue weighted by atomic mass is 16.5. The molecule has 0 aromatic carbocycles. The lowest BCUT2D eigenvalue weighted by atomic mass is 9.93. The summed E-state index contributed by atoms with van der Waals surface area (Å²) in [5.41, 5.74) is 1.10. The summed E-state index contributed by atoms with van der Waals surface area (Å²) < 4.78 is 10.5. The molecule has 1 amide bonds. The summed E-state index contributed by atoms with van der Waals surface area (Å²) in [7, 11) is 0. The van der Waals surface area contributed by atoms with Gasteiger partial charge in [-0.25, -0.2) is 9.78 Å². The number of aromatic nitrogens is 1. The molecule has 0 aliphatic heterocycles. The lowest BCUT2D eigenvalue weighted by molar-refractivity contribution is -0.155. The molecule has 1 aliphatic carbocycles. The predicted molar refractivity (Wildman–Crippen MR) is 80.4 cm³/mol. The molecule has 22 heavy (non-hydrogen) atoms. The van der Waals surface area contributed by atoms with E-state index in [1.165, 1.54) is 0 Å². The first-order valence-corrected chi connectivity index (χ1v) is 7.65. The van der Waals surface area contributed by atoms with Crippen LogP contribution in [0.5, 0.6) is 5.88 Å². The van der Waals surface area contributed by atoms with Gasteiger partial charge in [-0.05, 0) is 45.1 Å². The summed E-state index contributed by atoms with van der Waals surface area (Å²) in [5, 5.41) is 2.71. The van der Waals surface area contributed by atoms with Crippen molar-refractivity contribution in [1.82, 2.24) is 10.3 Å². The molecule has 1 saturated carbocycles. The van der Waals surface area contributed by atoms with E-state index in [-0.39, 0.29) is 18.8 Å². The fourth-order valence-electron chi connectivity index (χ4n) is 2.46. The van der Waals surface area contributed by atoms with E-state index >= 15 is 0 Å². The van der Waals surface area contributed by atoms with E-state index in [9.17, 15) is 9.59 Å². The molecule has 0 bridgehead atoms. The topological polar surface area (TPSA) is 77.5 Å². The van der Waals surface area contributed by atoms with Crippen LogP contribution in [0.3, 0.4) is 0 Å². The Morgan fingerprint density at radius 3 is 2.59 bits per heavy atom. The Labute approximate surface area is 130 Å². The van der Waals surface area contributed by atoms with Gasteiger partial charge in [-0.1, -0.05) is 6.07 Å². The summed E-state index contributed by atoms with van der Waals surface area (Å²) in [6.07, 6.45) is 5.09. The quantitative estimate of drug-likeness (QED) is 0.677. The number of aryl methyl sites for hydroxylation is 1.